The third-order valence-electron chi connectivity index (χ3n) is 4.93. The van der Waals surface area contributed by atoms with E-state index >= 15 is 0 Å². The number of benzene rings is 1. The van der Waals surface area contributed by atoms with Crippen LogP contribution in [0.4, 0.5) is 5.69 Å². The second kappa shape index (κ2) is 9.89. The quantitative estimate of drug-likeness (QED) is 0.312. The number of ether oxygens (including phenoxy) is 2. The summed E-state index contributed by atoms with van der Waals surface area (Å²) in [5.41, 5.74) is -0.0336. The number of hydrogen-bond donors (Lipinski definition) is 0. The van der Waals surface area contributed by atoms with Crippen LogP contribution in [-0.4, -0.2) is 48.5 Å². The van der Waals surface area contributed by atoms with E-state index in [0.29, 0.717) is 0 Å². The summed E-state index contributed by atoms with van der Waals surface area (Å²) in [4.78, 5) is 37.1. The molecule has 8 nitrogen and oxygen atoms in total. The number of nitro benzene ring substituents is 1. The topological polar surface area (TPSA) is 99.0 Å². The van der Waals surface area contributed by atoms with E-state index in [1.165, 1.54) is 32.4 Å². The van der Waals surface area contributed by atoms with E-state index < -0.39 is 4.92 Å². The van der Waals surface area contributed by atoms with Gasteiger partial charge in [-0.15, -0.1) is 0 Å². The van der Waals surface area contributed by atoms with Crippen LogP contribution in [0.15, 0.2) is 18.2 Å². The molecule has 148 valence electrons. The van der Waals surface area contributed by atoms with E-state index in [4.69, 9.17) is 9.47 Å². The van der Waals surface area contributed by atoms with Gasteiger partial charge in [-0.2, -0.15) is 0 Å². The van der Waals surface area contributed by atoms with Gasteiger partial charge in [-0.05, 0) is 25.0 Å². The molecule has 0 spiro atoms. The maximum Gasteiger partial charge on any atom is 0.311 e. The predicted octanol–water partition coefficient (Wildman–Crippen LogP) is 3.33. The lowest BCUT2D eigenvalue weighted by atomic mass is 10.0. The average Bonchev–Trinajstić information content (AvgIpc) is 2.96. The highest BCUT2D eigenvalue weighted by molar-refractivity contribution is 5.95. The van der Waals surface area contributed by atoms with Crippen LogP contribution in [-0.2, 0) is 9.53 Å². The molecule has 8 heteroatoms. The number of methoxy groups -OCH3 is 2. The minimum atomic E-state index is -0.569. The third-order valence-corrected chi connectivity index (χ3v) is 4.93. The van der Waals surface area contributed by atoms with E-state index in [1.807, 2.05) is 0 Å². The fraction of sp³-hybridized carbons (Fsp3) is 0.579. The highest BCUT2D eigenvalue weighted by Crippen LogP contribution is 2.29. The number of nitrogens with zero attached hydrogens (tertiary/aromatic N) is 2. The van der Waals surface area contributed by atoms with Gasteiger partial charge in [0.25, 0.3) is 5.91 Å². The van der Waals surface area contributed by atoms with Crippen LogP contribution in [0.25, 0.3) is 0 Å². The SMILES string of the molecule is COC(=O)CCN(C(=O)c1ccc(OC)c([N+](=O)[O-])c1)C1CCCCCC1. The van der Waals surface area contributed by atoms with E-state index in [2.05, 4.69) is 0 Å². The molecule has 0 saturated heterocycles. The lowest BCUT2D eigenvalue weighted by Crippen LogP contribution is -2.41. The summed E-state index contributed by atoms with van der Waals surface area (Å²) in [6, 6.07) is 4.21. The predicted molar refractivity (Wildman–Crippen MR) is 98.8 cm³/mol. The molecule has 1 aromatic carbocycles. The molecule has 0 aromatic heterocycles. The Hall–Kier alpha value is -2.64. The summed E-state index contributed by atoms with van der Waals surface area (Å²) >= 11 is 0. The molecular formula is C19H26N2O6. The lowest BCUT2D eigenvalue weighted by Gasteiger charge is -2.31. The van der Waals surface area contributed by atoms with Gasteiger partial charge in [0.1, 0.15) is 0 Å². The summed E-state index contributed by atoms with van der Waals surface area (Å²) in [5.74, 6) is -0.592. The first kappa shape index (κ1) is 20.7. The van der Waals surface area contributed by atoms with E-state index in [-0.39, 0.29) is 47.9 Å². The number of hydrogen-bond acceptors (Lipinski definition) is 6. The van der Waals surface area contributed by atoms with Gasteiger partial charge in [-0.1, -0.05) is 25.7 Å². The van der Waals surface area contributed by atoms with Gasteiger partial charge < -0.3 is 14.4 Å². The highest BCUT2D eigenvalue weighted by Gasteiger charge is 2.28. The van der Waals surface area contributed by atoms with Crippen molar-refractivity contribution in [1.82, 2.24) is 4.90 Å². The Morgan fingerprint density at radius 3 is 2.41 bits per heavy atom. The van der Waals surface area contributed by atoms with Gasteiger partial charge >= 0.3 is 11.7 Å². The highest BCUT2D eigenvalue weighted by atomic mass is 16.6. The fourth-order valence-electron chi connectivity index (χ4n) is 3.46. The first-order valence-corrected chi connectivity index (χ1v) is 9.18. The number of nitro groups is 1. The van der Waals surface area contributed by atoms with Crippen molar-refractivity contribution < 1.29 is 24.0 Å². The molecule has 27 heavy (non-hydrogen) atoms. The van der Waals surface area contributed by atoms with Crippen LogP contribution in [0, 0.1) is 10.1 Å². The van der Waals surface area contributed by atoms with E-state index in [1.54, 1.807) is 4.90 Å². The monoisotopic (exact) mass is 378 g/mol. The van der Waals surface area contributed by atoms with Crippen molar-refractivity contribution in [2.75, 3.05) is 20.8 Å². The van der Waals surface area contributed by atoms with Crippen LogP contribution >= 0.6 is 0 Å². The summed E-state index contributed by atoms with van der Waals surface area (Å²) in [5, 5.41) is 11.3. The second-order valence-electron chi connectivity index (χ2n) is 6.61. The van der Waals surface area contributed by atoms with Gasteiger partial charge in [0.05, 0.1) is 25.6 Å². The standard InChI is InChI=1S/C19H26N2O6/c1-26-17-10-9-14(13-16(17)21(24)25)19(23)20(12-11-18(22)27-2)15-7-5-3-4-6-8-15/h9-10,13,15H,3-8,11-12H2,1-2H3. The molecule has 0 unspecified atom stereocenters. The molecule has 0 bridgehead atoms. The molecule has 0 heterocycles. The van der Waals surface area contributed by atoms with Crippen LogP contribution in [0.3, 0.4) is 0 Å². The van der Waals surface area contributed by atoms with E-state index in [0.717, 1.165) is 38.5 Å². The zero-order valence-electron chi connectivity index (χ0n) is 15.8. The number of amides is 1. The van der Waals surface area contributed by atoms with Crippen molar-refractivity contribution in [3.63, 3.8) is 0 Å². The van der Waals surface area contributed by atoms with Crippen LogP contribution in [0.1, 0.15) is 55.3 Å². The smallest absolute Gasteiger partial charge is 0.311 e. The summed E-state index contributed by atoms with van der Waals surface area (Å²) in [6.07, 6.45) is 6.13. The molecule has 1 aliphatic carbocycles. The van der Waals surface area contributed by atoms with Crippen molar-refractivity contribution in [2.45, 2.75) is 51.0 Å². The van der Waals surface area contributed by atoms with Crippen molar-refractivity contribution >= 4 is 17.6 Å². The zero-order valence-corrected chi connectivity index (χ0v) is 15.8. The molecule has 1 amide bonds. The Labute approximate surface area is 158 Å². The zero-order chi connectivity index (χ0) is 19.8. The first-order valence-electron chi connectivity index (χ1n) is 9.18. The molecule has 1 fully saturated rings. The molecule has 2 rings (SSSR count). The molecular weight excluding hydrogens is 352 g/mol. The van der Waals surface area contributed by atoms with E-state index in [9.17, 15) is 19.7 Å². The second-order valence-corrected chi connectivity index (χ2v) is 6.61. The van der Waals surface area contributed by atoms with Crippen molar-refractivity contribution in [3.8, 4) is 5.75 Å². The maximum absolute atomic E-state index is 13.1. The molecule has 1 aliphatic rings. The Balaban J connectivity index is 2.29. The molecule has 0 radical (unpaired) electrons. The summed E-state index contributed by atoms with van der Waals surface area (Å²) in [7, 11) is 2.66. The van der Waals surface area contributed by atoms with Gasteiger partial charge in [0.2, 0.25) is 0 Å². The maximum atomic E-state index is 13.1. The minimum absolute atomic E-state index is 0.0193. The first-order chi connectivity index (χ1) is 13.0. The molecule has 0 atom stereocenters. The van der Waals surface area contributed by atoms with Crippen molar-refractivity contribution in [3.05, 3.63) is 33.9 Å². The van der Waals surface area contributed by atoms with Gasteiger partial charge in [-0.25, -0.2) is 0 Å². The minimum Gasteiger partial charge on any atom is -0.490 e. The van der Waals surface area contributed by atoms with Crippen molar-refractivity contribution in [2.24, 2.45) is 0 Å². The van der Waals surface area contributed by atoms with Gasteiger partial charge in [-0.3, -0.25) is 19.7 Å². The molecule has 1 saturated carbocycles. The van der Waals surface area contributed by atoms with Gasteiger partial charge in [0, 0.05) is 24.2 Å². The Kier molecular flexibility index (Phi) is 7.57. The summed E-state index contributed by atoms with van der Waals surface area (Å²) < 4.78 is 9.70. The van der Waals surface area contributed by atoms with Crippen LogP contribution in [0.5, 0.6) is 5.75 Å². The number of carbonyl (C=O) groups is 2. The molecule has 0 aliphatic heterocycles. The van der Waals surface area contributed by atoms with Gasteiger partial charge in [0.15, 0.2) is 5.75 Å². The summed E-state index contributed by atoms with van der Waals surface area (Å²) in [6.45, 7) is 0.232. The third kappa shape index (κ3) is 5.42. The van der Waals surface area contributed by atoms with Crippen LogP contribution < -0.4 is 4.74 Å². The largest absolute Gasteiger partial charge is 0.490 e. The average molecular weight is 378 g/mol. The normalized spacial score (nSPS) is 14.9. The Morgan fingerprint density at radius 1 is 1.19 bits per heavy atom. The molecule has 1 aromatic rings. The molecule has 0 N–H and O–H groups in total. The van der Waals surface area contributed by atoms with Crippen molar-refractivity contribution in [1.29, 1.82) is 0 Å². The van der Waals surface area contributed by atoms with Crippen LogP contribution in [0.2, 0.25) is 0 Å². The number of esters is 1. The lowest BCUT2D eigenvalue weighted by molar-refractivity contribution is -0.385. The Morgan fingerprint density at radius 2 is 1.85 bits per heavy atom. The fourth-order valence-corrected chi connectivity index (χ4v) is 3.46. The number of carbonyl (C=O) groups excluding carboxylic acids is 2. The number of rotatable bonds is 7. The Bertz CT molecular complexity index is 683.